The predicted molar refractivity (Wildman–Crippen MR) is 59.1 cm³/mol. The first-order valence-corrected chi connectivity index (χ1v) is 5.86. The van der Waals surface area contributed by atoms with E-state index in [2.05, 4.69) is 19.9 Å². The van der Waals surface area contributed by atoms with Gasteiger partial charge in [0.05, 0.1) is 5.60 Å². The van der Waals surface area contributed by atoms with Crippen molar-refractivity contribution >= 4 is 0 Å². The molecule has 0 aliphatic heterocycles. The van der Waals surface area contributed by atoms with Crippen LogP contribution in [0, 0.1) is 11.3 Å². The maximum Gasteiger partial charge on any atom is 0.0862 e. The van der Waals surface area contributed by atoms with Gasteiger partial charge in [-0.15, -0.1) is 0 Å². The van der Waals surface area contributed by atoms with E-state index in [1.807, 2.05) is 6.92 Å². The molecule has 0 bridgehead atoms. The van der Waals surface area contributed by atoms with E-state index in [1.54, 1.807) is 0 Å². The SMILES string of the molecule is CC1(C)CC1C(C)(O)C1=CCCCC1. The maximum absolute atomic E-state index is 10.5. The second kappa shape index (κ2) is 3.10. The molecular weight excluding hydrogens is 172 g/mol. The molecule has 2 aliphatic carbocycles. The fourth-order valence-corrected chi connectivity index (χ4v) is 2.95. The molecule has 1 fully saturated rings. The van der Waals surface area contributed by atoms with Gasteiger partial charge in [-0.3, -0.25) is 0 Å². The molecule has 0 aromatic carbocycles. The van der Waals surface area contributed by atoms with Gasteiger partial charge in [0.1, 0.15) is 0 Å². The average molecular weight is 194 g/mol. The first-order chi connectivity index (χ1) is 6.44. The molecule has 0 aromatic rings. The van der Waals surface area contributed by atoms with Crippen LogP contribution in [-0.4, -0.2) is 10.7 Å². The zero-order valence-electron chi connectivity index (χ0n) is 9.64. The second-order valence-electron chi connectivity index (χ2n) is 5.87. The molecule has 2 atom stereocenters. The fourth-order valence-electron chi connectivity index (χ4n) is 2.95. The Hall–Kier alpha value is -0.300. The van der Waals surface area contributed by atoms with E-state index >= 15 is 0 Å². The van der Waals surface area contributed by atoms with Crippen LogP contribution in [0.5, 0.6) is 0 Å². The summed E-state index contributed by atoms with van der Waals surface area (Å²) < 4.78 is 0. The Labute approximate surface area is 87.2 Å². The summed E-state index contributed by atoms with van der Waals surface area (Å²) in [5.41, 5.74) is 1.14. The lowest BCUT2D eigenvalue weighted by Gasteiger charge is -2.30. The van der Waals surface area contributed by atoms with Gasteiger partial charge in [-0.25, -0.2) is 0 Å². The summed E-state index contributed by atoms with van der Waals surface area (Å²) in [6.07, 6.45) is 8.29. The van der Waals surface area contributed by atoms with Crippen molar-refractivity contribution in [2.45, 2.75) is 58.5 Å². The molecule has 0 radical (unpaired) electrons. The van der Waals surface area contributed by atoms with Crippen LogP contribution in [0.1, 0.15) is 52.9 Å². The number of aliphatic hydroxyl groups is 1. The van der Waals surface area contributed by atoms with E-state index in [4.69, 9.17) is 0 Å². The molecule has 0 heterocycles. The largest absolute Gasteiger partial charge is 0.385 e. The molecule has 1 N–H and O–H groups in total. The van der Waals surface area contributed by atoms with Crippen LogP contribution in [-0.2, 0) is 0 Å². The first-order valence-electron chi connectivity index (χ1n) is 5.86. The van der Waals surface area contributed by atoms with E-state index in [9.17, 15) is 5.11 Å². The lowest BCUT2D eigenvalue weighted by atomic mass is 9.81. The molecule has 1 heteroatoms. The van der Waals surface area contributed by atoms with E-state index in [1.165, 1.54) is 31.3 Å². The van der Waals surface area contributed by atoms with Gasteiger partial charge in [-0.1, -0.05) is 19.9 Å². The highest BCUT2D eigenvalue weighted by Crippen LogP contribution is 2.59. The van der Waals surface area contributed by atoms with Crippen molar-refractivity contribution in [3.05, 3.63) is 11.6 Å². The van der Waals surface area contributed by atoms with Gasteiger partial charge < -0.3 is 5.11 Å². The molecule has 1 nitrogen and oxygen atoms in total. The maximum atomic E-state index is 10.5. The Kier molecular flexibility index (Phi) is 2.26. The molecule has 0 amide bonds. The summed E-state index contributed by atoms with van der Waals surface area (Å²) in [5, 5.41) is 10.5. The van der Waals surface area contributed by atoms with Crippen molar-refractivity contribution in [3.63, 3.8) is 0 Å². The minimum Gasteiger partial charge on any atom is -0.385 e. The molecular formula is C13H22O. The van der Waals surface area contributed by atoms with Gasteiger partial charge in [-0.05, 0) is 55.9 Å². The Morgan fingerprint density at radius 2 is 2.07 bits per heavy atom. The van der Waals surface area contributed by atoms with Crippen LogP contribution in [0.2, 0.25) is 0 Å². The van der Waals surface area contributed by atoms with Crippen molar-refractivity contribution in [1.29, 1.82) is 0 Å². The number of rotatable bonds is 2. The van der Waals surface area contributed by atoms with Gasteiger partial charge >= 0.3 is 0 Å². The minimum atomic E-state index is -0.524. The molecule has 0 spiro atoms. The summed E-state index contributed by atoms with van der Waals surface area (Å²) in [7, 11) is 0. The first kappa shape index (κ1) is 10.2. The zero-order valence-corrected chi connectivity index (χ0v) is 9.64. The Balaban J connectivity index is 2.12. The summed E-state index contributed by atoms with van der Waals surface area (Å²) >= 11 is 0. The number of hydrogen-bond acceptors (Lipinski definition) is 1. The highest BCUT2D eigenvalue weighted by molar-refractivity contribution is 5.24. The number of hydrogen-bond donors (Lipinski definition) is 1. The fraction of sp³-hybridized carbons (Fsp3) is 0.846. The van der Waals surface area contributed by atoms with Gasteiger partial charge in [0.15, 0.2) is 0 Å². The van der Waals surface area contributed by atoms with Crippen LogP contribution in [0.25, 0.3) is 0 Å². The molecule has 1 saturated carbocycles. The third kappa shape index (κ3) is 1.63. The molecule has 80 valence electrons. The van der Waals surface area contributed by atoms with E-state index in [0.717, 1.165) is 6.42 Å². The zero-order chi connectivity index (χ0) is 10.4. The Morgan fingerprint density at radius 1 is 1.43 bits per heavy atom. The van der Waals surface area contributed by atoms with Crippen LogP contribution in [0.15, 0.2) is 11.6 Å². The van der Waals surface area contributed by atoms with E-state index < -0.39 is 5.60 Å². The topological polar surface area (TPSA) is 20.2 Å². The average Bonchev–Trinajstić information content (AvgIpc) is 2.78. The molecule has 2 rings (SSSR count). The standard InChI is InChI=1S/C13H22O/c1-12(2)9-11(12)13(3,14)10-7-5-4-6-8-10/h7,11,14H,4-6,8-9H2,1-3H3. The molecule has 14 heavy (non-hydrogen) atoms. The third-order valence-corrected chi connectivity index (χ3v) is 4.13. The van der Waals surface area contributed by atoms with Crippen molar-refractivity contribution < 1.29 is 5.11 Å². The van der Waals surface area contributed by atoms with Gasteiger partial charge in [0.2, 0.25) is 0 Å². The van der Waals surface area contributed by atoms with E-state index in [0.29, 0.717) is 11.3 Å². The third-order valence-electron chi connectivity index (χ3n) is 4.13. The minimum absolute atomic E-state index is 0.363. The van der Waals surface area contributed by atoms with Crippen molar-refractivity contribution in [2.75, 3.05) is 0 Å². The predicted octanol–water partition coefficient (Wildman–Crippen LogP) is 3.28. The molecule has 0 saturated heterocycles. The van der Waals surface area contributed by atoms with Crippen LogP contribution in [0.4, 0.5) is 0 Å². The quantitative estimate of drug-likeness (QED) is 0.669. The van der Waals surface area contributed by atoms with Gasteiger partial charge in [0.25, 0.3) is 0 Å². The Bertz CT molecular complexity index is 260. The van der Waals surface area contributed by atoms with Gasteiger partial charge in [0, 0.05) is 0 Å². The monoisotopic (exact) mass is 194 g/mol. The summed E-state index contributed by atoms with van der Waals surface area (Å²) in [5.74, 6) is 0.486. The summed E-state index contributed by atoms with van der Waals surface area (Å²) in [6.45, 7) is 6.54. The van der Waals surface area contributed by atoms with Gasteiger partial charge in [-0.2, -0.15) is 0 Å². The van der Waals surface area contributed by atoms with E-state index in [-0.39, 0.29) is 0 Å². The Morgan fingerprint density at radius 3 is 2.50 bits per heavy atom. The van der Waals surface area contributed by atoms with Crippen molar-refractivity contribution in [1.82, 2.24) is 0 Å². The molecule has 0 aromatic heterocycles. The highest BCUT2D eigenvalue weighted by atomic mass is 16.3. The number of allylic oxidation sites excluding steroid dienone is 1. The second-order valence-corrected chi connectivity index (χ2v) is 5.87. The van der Waals surface area contributed by atoms with Crippen LogP contribution < -0.4 is 0 Å². The van der Waals surface area contributed by atoms with Crippen molar-refractivity contribution in [3.8, 4) is 0 Å². The lowest BCUT2D eigenvalue weighted by Crippen LogP contribution is -2.32. The lowest BCUT2D eigenvalue weighted by molar-refractivity contribution is 0.0569. The molecule has 2 unspecified atom stereocenters. The van der Waals surface area contributed by atoms with Crippen LogP contribution in [0.3, 0.4) is 0 Å². The summed E-state index contributed by atoms with van der Waals surface area (Å²) in [6, 6.07) is 0. The smallest absolute Gasteiger partial charge is 0.0862 e. The summed E-state index contributed by atoms with van der Waals surface area (Å²) in [4.78, 5) is 0. The van der Waals surface area contributed by atoms with Crippen molar-refractivity contribution in [2.24, 2.45) is 11.3 Å². The normalized spacial score (nSPS) is 34.6. The van der Waals surface area contributed by atoms with Crippen LogP contribution >= 0.6 is 0 Å². The highest BCUT2D eigenvalue weighted by Gasteiger charge is 2.56. The molecule has 2 aliphatic rings.